The Morgan fingerprint density at radius 1 is 0.967 bits per heavy atom. The fourth-order valence-electron chi connectivity index (χ4n) is 4.13. The van der Waals surface area contributed by atoms with E-state index in [1.807, 2.05) is 48.5 Å². The van der Waals surface area contributed by atoms with Crippen LogP contribution in [0.15, 0.2) is 54.6 Å². The van der Waals surface area contributed by atoms with Crippen LogP contribution in [0, 0.1) is 0 Å². The van der Waals surface area contributed by atoms with Crippen LogP contribution in [0.1, 0.15) is 17.5 Å². The van der Waals surface area contributed by atoms with Gasteiger partial charge in [-0.05, 0) is 23.6 Å². The maximum absolute atomic E-state index is 13.1. The highest BCUT2D eigenvalue weighted by Crippen LogP contribution is 2.22. The number of amides is 3. The summed E-state index contributed by atoms with van der Waals surface area (Å²) in [6.07, 6.45) is 0.663. The quantitative estimate of drug-likeness (QED) is 0.755. The SMILES string of the molecule is O=C(Cc1ccccc1Cl)N1CCC2C(=O)N(Cc3ccccc3)CC(=O)N2CC1. The van der Waals surface area contributed by atoms with E-state index in [4.69, 9.17) is 11.6 Å². The van der Waals surface area contributed by atoms with E-state index in [0.717, 1.165) is 11.1 Å². The van der Waals surface area contributed by atoms with Gasteiger partial charge in [-0.3, -0.25) is 14.4 Å². The minimum atomic E-state index is -0.506. The van der Waals surface area contributed by atoms with Gasteiger partial charge in [0.2, 0.25) is 17.7 Å². The van der Waals surface area contributed by atoms with E-state index in [1.54, 1.807) is 20.8 Å². The zero-order valence-corrected chi connectivity index (χ0v) is 17.4. The third-order valence-electron chi connectivity index (χ3n) is 5.77. The number of benzene rings is 2. The van der Waals surface area contributed by atoms with Crippen molar-refractivity contribution in [3.05, 3.63) is 70.7 Å². The van der Waals surface area contributed by atoms with Crippen LogP contribution < -0.4 is 0 Å². The summed E-state index contributed by atoms with van der Waals surface area (Å²) in [4.78, 5) is 43.7. The summed E-state index contributed by atoms with van der Waals surface area (Å²) < 4.78 is 0. The highest BCUT2D eigenvalue weighted by molar-refractivity contribution is 6.31. The number of carbonyl (C=O) groups is 3. The van der Waals surface area contributed by atoms with Crippen molar-refractivity contribution in [1.82, 2.24) is 14.7 Å². The van der Waals surface area contributed by atoms with Gasteiger partial charge in [0.25, 0.3) is 0 Å². The standard InChI is InChI=1S/C23H24ClN3O3/c24-19-9-5-4-8-18(19)14-21(28)25-11-10-20-23(30)26(15-17-6-2-1-3-7-17)16-22(29)27(20)13-12-25/h1-9,20H,10-16H2. The van der Waals surface area contributed by atoms with Crippen LogP contribution in [0.3, 0.4) is 0 Å². The van der Waals surface area contributed by atoms with Crippen molar-refractivity contribution in [3.63, 3.8) is 0 Å². The summed E-state index contributed by atoms with van der Waals surface area (Å²) in [5.74, 6) is -0.140. The van der Waals surface area contributed by atoms with Gasteiger partial charge in [-0.2, -0.15) is 0 Å². The Labute approximate surface area is 181 Å². The molecule has 6 nitrogen and oxygen atoms in total. The Morgan fingerprint density at radius 3 is 2.47 bits per heavy atom. The molecule has 2 aliphatic rings. The van der Waals surface area contributed by atoms with Crippen LogP contribution in [-0.2, 0) is 27.3 Å². The molecule has 2 fully saturated rings. The molecule has 0 saturated carbocycles. The molecule has 2 aromatic carbocycles. The number of rotatable bonds is 4. The smallest absolute Gasteiger partial charge is 0.246 e. The van der Waals surface area contributed by atoms with Gasteiger partial charge >= 0.3 is 0 Å². The second-order valence-electron chi connectivity index (χ2n) is 7.72. The first kappa shape index (κ1) is 20.4. The lowest BCUT2D eigenvalue weighted by Crippen LogP contribution is -2.59. The number of hydrogen-bond donors (Lipinski definition) is 0. The molecule has 1 atom stereocenters. The average Bonchev–Trinajstić information content (AvgIpc) is 2.98. The minimum absolute atomic E-state index is 0.0380. The third kappa shape index (κ3) is 4.33. The fourth-order valence-corrected chi connectivity index (χ4v) is 4.33. The number of fused-ring (bicyclic) bond motifs is 1. The van der Waals surface area contributed by atoms with E-state index in [2.05, 4.69) is 0 Å². The summed E-state index contributed by atoms with van der Waals surface area (Å²) in [7, 11) is 0. The lowest BCUT2D eigenvalue weighted by atomic mass is 10.1. The van der Waals surface area contributed by atoms with Crippen molar-refractivity contribution in [3.8, 4) is 0 Å². The van der Waals surface area contributed by atoms with Crippen molar-refractivity contribution in [1.29, 1.82) is 0 Å². The summed E-state index contributed by atoms with van der Waals surface area (Å²) in [5, 5.41) is 0.569. The molecule has 3 amide bonds. The average molecular weight is 426 g/mol. The third-order valence-corrected chi connectivity index (χ3v) is 6.14. The van der Waals surface area contributed by atoms with Crippen molar-refractivity contribution >= 4 is 29.3 Å². The largest absolute Gasteiger partial charge is 0.341 e. The first-order valence-electron chi connectivity index (χ1n) is 10.2. The molecule has 2 aliphatic heterocycles. The molecule has 0 bridgehead atoms. The van der Waals surface area contributed by atoms with E-state index >= 15 is 0 Å². The molecule has 0 radical (unpaired) electrons. The van der Waals surface area contributed by atoms with Gasteiger partial charge in [-0.25, -0.2) is 0 Å². The molecular formula is C23H24ClN3O3. The van der Waals surface area contributed by atoms with Gasteiger partial charge in [0, 0.05) is 31.2 Å². The highest BCUT2D eigenvalue weighted by atomic mass is 35.5. The molecule has 30 heavy (non-hydrogen) atoms. The van der Waals surface area contributed by atoms with Gasteiger partial charge < -0.3 is 14.7 Å². The second kappa shape index (κ2) is 8.88. The fraction of sp³-hybridized carbons (Fsp3) is 0.348. The van der Waals surface area contributed by atoms with Gasteiger partial charge in [-0.1, -0.05) is 60.1 Å². The van der Waals surface area contributed by atoms with Crippen molar-refractivity contribution < 1.29 is 14.4 Å². The topological polar surface area (TPSA) is 60.9 Å². The van der Waals surface area contributed by atoms with Crippen LogP contribution in [0.5, 0.6) is 0 Å². The van der Waals surface area contributed by atoms with Crippen LogP contribution in [-0.4, -0.2) is 64.6 Å². The molecular weight excluding hydrogens is 402 g/mol. The molecule has 0 aliphatic carbocycles. The maximum atomic E-state index is 13.1. The van der Waals surface area contributed by atoms with E-state index < -0.39 is 6.04 Å². The molecule has 2 saturated heterocycles. The summed E-state index contributed by atoms with van der Waals surface area (Å²) in [6.45, 7) is 1.76. The van der Waals surface area contributed by atoms with E-state index in [0.29, 0.717) is 37.6 Å². The van der Waals surface area contributed by atoms with E-state index in [1.165, 1.54) is 0 Å². The number of nitrogens with zero attached hydrogens (tertiary/aromatic N) is 3. The number of hydrogen-bond acceptors (Lipinski definition) is 3. The van der Waals surface area contributed by atoms with Gasteiger partial charge in [0.15, 0.2) is 0 Å². The summed E-state index contributed by atoms with van der Waals surface area (Å²) in [5.41, 5.74) is 1.78. The molecule has 0 aromatic heterocycles. The minimum Gasteiger partial charge on any atom is -0.341 e. The molecule has 4 rings (SSSR count). The van der Waals surface area contributed by atoms with Gasteiger partial charge in [0.05, 0.1) is 6.42 Å². The Kier molecular flexibility index (Phi) is 6.04. The first-order valence-corrected chi connectivity index (χ1v) is 10.5. The van der Waals surface area contributed by atoms with Crippen molar-refractivity contribution in [2.45, 2.75) is 25.4 Å². The zero-order chi connectivity index (χ0) is 21.1. The van der Waals surface area contributed by atoms with Crippen LogP contribution in [0.2, 0.25) is 5.02 Å². The van der Waals surface area contributed by atoms with E-state index in [9.17, 15) is 14.4 Å². The lowest BCUT2D eigenvalue weighted by Gasteiger charge is -2.39. The van der Waals surface area contributed by atoms with Crippen LogP contribution >= 0.6 is 11.6 Å². The van der Waals surface area contributed by atoms with E-state index in [-0.39, 0.29) is 30.7 Å². The Morgan fingerprint density at radius 2 is 1.70 bits per heavy atom. The van der Waals surface area contributed by atoms with Gasteiger partial charge in [-0.15, -0.1) is 0 Å². The summed E-state index contributed by atoms with van der Waals surface area (Å²) in [6, 6.07) is 16.5. The molecule has 1 unspecified atom stereocenters. The maximum Gasteiger partial charge on any atom is 0.246 e. The normalized spacial score (nSPS) is 19.5. The molecule has 2 aromatic rings. The second-order valence-corrected chi connectivity index (χ2v) is 8.13. The predicted octanol–water partition coefficient (Wildman–Crippen LogP) is 2.35. The molecule has 156 valence electrons. The molecule has 0 spiro atoms. The van der Waals surface area contributed by atoms with Crippen molar-refractivity contribution in [2.75, 3.05) is 26.2 Å². The van der Waals surface area contributed by atoms with Crippen LogP contribution in [0.25, 0.3) is 0 Å². The molecule has 0 N–H and O–H groups in total. The lowest BCUT2D eigenvalue weighted by molar-refractivity contribution is -0.156. The van der Waals surface area contributed by atoms with Crippen molar-refractivity contribution in [2.24, 2.45) is 0 Å². The summed E-state index contributed by atoms with van der Waals surface area (Å²) >= 11 is 6.19. The highest BCUT2D eigenvalue weighted by Gasteiger charge is 2.41. The first-order chi connectivity index (χ1) is 14.5. The molecule has 7 heteroatoms. The number of halogens is 1. The molecule has 2 heterocycles. The predicted molar refractivity (Wildman–Crippen MR) is 114 cm³/mol. The zero-order valence-electron chi connectivity index (χ0n) is 16.7. The van der Waals surface area contributed by atoms with Gasteiger partial charge in [0.1, 0.15) is 12.6 Å². The van der Waals surface area contributed by atoms with Crippen LogP contribution in [0.4, 0.5) is 0 Å². The Balaban J connectivity index is 1.43. The Hall–Kier alpha value is -2.86. The number of piperazine rings is 1. The monoisotopic (exact) mass is 425 g/mol. The Bertz CT molecular complexity index is 950. The number of carbonyl (C=O) groups excluding carboxylic acids is 3.